The first-order valence-corrected chi connectivity index (χ1v) is 7.07. The summed E-state index contributed by atoms with van der Waals surface area (Å²) >= 11 is 0. The van der Waals surface area contributed by atoms with E-state index >= 15 is 0 Å². The second kappa shape index (κ2) is 9.57. The normalized spacial score (nSPS) is 10.2. The lowest BCUT2D eigenvalue weighted by Crippen LogP contribution is -2.25. The molecule has 2 aromatic carbocycles. The Balaban J connectivity index is 0.00000288. The summed E-state index contributed by atoms with van der Waals surface area (Å²) in [7, 11) is 0. The van der Waals surface area contributed by atoms with Crippen LogP contribution in [0.4, 0.5) is 11.4 Å². The van der Waals surface area contributed by atoms with Crippen LogP contribution in [0.3, 0.4) is 0 Å². The third-order valence-corrected chi connectivity index (χ3v) is 3.00. The van der Waals surface area contributed by atoms with E-state index in [0.717, 1.165) is 11.3 Å². The number of benzene rings is 2. The standard InChI is InChI=1S/C18H18N4O.HI/c1-3-14-7-5-9-16(11-14)21-17(23)12-20-18(19)22-15-8-4-6-13(2)10-15;/h1,4-11H,12H2,2H3,(H,21,23)(H3,19,20,22);1H. The van der Waals surface area contributed by atoms with E-state index in [1.807, 2.05) is 31.2 Å². The number of halogens is 1. The molecule has 0 saturated heterocycles. The van der Waals surface area contributed by atoms with E-state index in [1.54, 1.807) is 24.3 Å². The molecule has 124 valence electrons. The van der Waals surface area contributed by atoms with Gasteiger partial charge >= 0.3 is 0 Å². The Morgan fingerprint density at radius 3 is 2.50 bits per heavy atom. The maximum Gasteiger partial charge on any atom is 0.246 e. The molecule has 0 aliphatic carbocycles. The van der Waals surface area contributed by atoms with E-state index in [9.17, 15) is 4.79 Å². The second-order valence-corrected chi connectivity index (χ2v) is 4.97. The van der Waals surface area contributed by atoms with Gasteiger partial charge in [0.1, 0.15) is 6.54 Å². The van der Waals surface area contributed by atoms with Crippen molar-refractivity contribution in [1.82, 2.24) is 0 Å². The number of hydrogen-bond acceptors (Lipinski definition) is 2. The summed E-state index contributed by atoms with van der Waals surface area (Å²) in [5.74, 6) is 2.43. The molecule has 0 aromatic heterocycles. The first kappa shape index (κ1) is 19.5. The van der Waals surface area contributed by atoms with E-state index in [-0.39, 0.29) is 42.4 Å². The minimum Gasteiger partial charge on any atom is -0.370 e. The zero-order valence-electron chi connectivity index (χ0n) is 13.2. The van der Waals surface area contributed by atoms with Crippen molar-refractivity contribution in [2.45, 2.75) is 6.92 Å². The molecule has 0 spiro atoms. The molecule has 0 aliphatic rings. The Morgan fingerprint density at radius 2 is 1.83 bits per heavy atom. The highest BCUT2D eigenvalue weighted by atomic mass is 127. The molecule has 0 atom stereocenters. The van der Waals surface area contributed by atoms with E-state index in [0.29, 0.717) is 11.3 Å². The van der Waals surface area contributed by atoms with Crippen LogP contribution in [0.15, 0.2) is 53.5 Å². The van der Waals surface area contributed by atoms with E-state index in [2.05, 4.69) is 21.5 Å². The second-order valence-electron chi connectivity index (χ2n) is 4.97. The Hall–Kier alpha value is -2.53. The molecule has 2 rings (SSSR count). The molecular weight excluding hydrogens is 415 g/mol. The third kappa shape index (κ3) is 6.30. The molecule has 24 heavy (non-hydrogen) atoms. The molecule has 0 fully saturated rings. The van der Waals surface area contributed by atoms with Crippen LogP contribution in [0, 0.1) is 19.3 Å². The lowest BCUT2D eigenvalue weighted by molar-refractivity contribution is -0.114. The maximum absolute atomic E-state index is 11.9. The van der Waals surface area contributed by atoms with Crippen molar-refractivity contribution in [3.8, 4) is 12.3 Å². The number of anilines is 2. The predicted octanol–water partition coefficient (Wildman–Crippen LogP) is 2.96. The average molecular weight is 434 g/mol. The number of rotatable bonds is 4. The zero-order valence-corrected chi connectivity index (χ0v) is 15.6. The van der Waals surface area contributed by atoms with Crippen molar-refractivity contribution >= 4 is 47.2 Å². The highest BCUT2D eigenvalue weighted by Crippen LogP contribution is 2.10. The zero-order chi connectivity index (χ0) is 16.7. The van der Waals surface area contributed by atoms with E-state index < -0.39 is 0 Å². The molecule has 1 amide bonds. The van der Waals surface area contributed by atoms with Crippen LogP contribution in [-0.2, 0) is 4.79 Å². The highest BCUT2D eigenvalue weighted by Gasteiger charge is 2.02. The van der Waals surface area contributed by atoms with Crippen molar-refractivity contribution in [3.05, 3.63) is 59.7 Å². The van der Waals surface area contributed by atoms with Gasteiger partial charge in [-0.25, -0.2) is 4.99 Å². The molecule has 0 heterocycles. The maximum atomic E-state index is 11.9. The number of aryl methyl sites for hydroxylation is 1. The van der Waals surface area contributed by atoms with Gasteiger partial charge in [0.2, 0.25) is 5.91 Å². The largest absolute Gasteiger partial charge is 0.370 e. The minimum atomic E-state index is -0.270. The number of nitrogens with zero attached hydrogens (tertiary/aromatic N) is 1. The Morgan fingerprint density at radius 1 is 1.17 bits per heavy atom. The predicted molar refractivity (Wildman–Crippen MR) is 110 cm³/mol. The quantitative estimate of drug-likeness (QED) is 0.300. The summed E-state index contributed by atoms with van der Waals surface area (Å²) in [5.41, 5.74) is 9.04. The van der Waals surface area contributed by atoms with E-state index in [4.69, 9.17) is 12.2 Å². The molecule has 0 saturated carbocycles. The summed E-state index contributed by atoms with van der Waals surface area (Å²) in [5, 5.41) is 5.66. The molecule has 5 nitrogen and oxygen atoms in total. The van der Waals surface area contributed by atoms with Crippen molar-refractivity contribution < 1.29 is 4.79 Å². The Bertz CT molecular complexity index is 781. The first-order valence-electron chi connectivity index (χ1n) is 7.07. The van der Waals surface area contributed by atoms with E-state index in [1.165, 1.54) is 0 Å². The van der Waals surface area contributed by atoms with Gasteiger partial charge in [-0.3, -0.25) is 4.79 Å². The van der Waals surface area contributed by atoms with Crippen LogP contribution in [0.25, 0.3) is 0 Å². The van der Waals surface area contributed by atoms with Gasteiger partial charge in [0, 0.05) is 16.9 Å². The fraction of sp³-hybridized carbons (Fsp3) is 0.111. The number of carbonyl (C=O) groups is 1. The molecular formula is C18H19IN4O. The fourth-order valence-electron chi connectivity index (χ4n) is 1.95. The van der Waals surface area contributed by atoms with Gasteiger partial charge in [0.05, 0.1) is 0 Å². The number of terminal acetylenes is 1. The molecule has 0 bridgehead atoms. The van der Waals surface area contributed by atoms with Crippen LogP contribution < -0.4 is 16.4 Å². The van der Waals surface area contributed by atoms with Gasteiger partial charge in [-0.05, 0) is 42.8 Å². The number of nitrogens with two attached hydrogens (primary N) is 1. The Labute approximate surface area is 158 Å². The number of carbonyl (C=O) groups excluding carboxylic acids is 1. The van der Waals surface area contributed by atoms with Crippen LogP contribution in [0.1, 0.15) is 11.1 Å². The summed E-state index contributed by atoms with van der Waals surface area (Å²) < 4.78 is 0. The smallest absolute Gasteiger partial charge is 0.246 e. The Kier molecular flexibility index (Phi) is 7.79. The fourth-order valence-corrected chi connectivity index (χ4v) is 1.95. The monoisotopic (exact) mass is 434 g/mol. The van der Waals surface area contributed by atoms with Crippen molar-refractivity contribution in [1.29, 1.82) is 0 Å². The van der Waals surface area contributed by atoms with Gasteiger partial charge in [0.25, 0.3) is 0 Å². The molecule has 0 aliphatic heterocycles. The summed E-state index contributed by atoms with van der Waals surface area (Å²) in [6.45, 7) is 1.90. The van der Waals surface area contributed by atoms with Gasteiger partial charge < -0.3 is 16.4 Å². The summed E-state index contributed by atoms with van der Waals surface area (Å²) in [4.78, 5) is 15.9. The number of aliphatic imine (C=N–C) groups is 1. The number of amides is 1. The summed E-state index contributed by atoms with van der Waals surface area (Å²) in [6.07, 6.45) is 5.32. The number of hydrogen-bond donors (Lipinski definition) is 3. The highest BCUT2D eigenvalue weighted by molar-refractivity contribution is 14.0. The lowest BCUT2D eigenvalue weighted by atomic mass is 10.2. The first-order chi connectivity index (χ1) is 11.1. The van der Waals surface area contributed by atoms with Crippen molar-refractivity contribution in [2.24, 2.45) is 10.7 Å². The van der Waals surface area contributed by atoms with Gasteiger partial charge in [-0.15, -0.1) is 30.4 Å². The SMILES string of the molecule is C#Cc1cccc(NC(=O)CN=C(N)Nc2cccc(C)c2)c1.I. The summed E-state index contributed by atoms with van der Waals surface area (Å²) in [6, 6.07) is 14.8. The van der Waals surface area contributed by atoms with Gasteiger partial charge in [0.15, 0.2) is 5.96 Å². The van der Waals surface area contributed by atoms with Gasteiger partial charge in [-0.2, -0.15) is 0 Å². The van der Waals surface area contributed by atoms with Crippen LogP contribution >= 0.6 is 24.0 Å². The molecule has 2 aromatic rings. The van der Waals surface area contributed by atoms with Gasteiger partial charge in [-0.1, -0.05) is 24.1 Å². The molecule has 4 N–H and O–H groups in total. The molecule has 0 radical (unpaired) electrons. The molecule has 6 heteroatoms. The van der Waals surface area contributed by atoms with Crippen LogP contribution in [-0.4, -0.2) is 18.4 Å². The van der Waals surface area contributed by atoms with Crippen molar-refractivity contribution in [2.75, 3.05) is 17.2 Å². The minimum absolute atomic E-state index is 0. The lowest BCUT2D eigenvalue weighted by Gasteiger charge is -2.07. The number of nitrogens with one attached hydrogen (secondary N) is 2. The average Bonchev–Trinajstić information content (AvgIpc) is 2.53. The number of guanidine groups is 1. The third-order valence-electron chi connectivity index (χ3n) is 3.00. The topological polar surface area (TPSA) is 79.5 Å². The van der Waals surface area contributed by atoms with Crippen LogP contribution in [0.5, 0.6) is 0 Å². The van der Waals surface area contributed by atoms with Crippen LogP contribution in [0.2, 0.25) is 0 Å². The molecule has 0 unspecified atom stereocenters. The van der Waals surface area contributed by atoms with Crippen molar-refractivity contribution in [3.63, 3.8) is 0 Å².